The molecule has 0 saturated carbocycles. The van der Waals surface area contributed by atoms with E-state index >= 15 is 0 Å². The monoisotopic (exact) mass is 248 g/mol. The highest BCUT2D eigenvalue weighted by atomic mass is 14.2. The van der Waals surface area contributed by atoms with Gasteiger partial charge < -0.3 is 0 Å². The average molecular weight is 248 g/mol. The summed E-state index contributed by atoms with van der Waals surface area (Å²) in [5, 5.41) is 0. The standard InChI is InChI=1S/C19H20/c1-13-7-11-16(12-8-13)18-6-4-5-17-14(2)9-10-15(3)19(17)18/h6-12H,4-5H2,1-3H3. The first-order valence-electron chi connectivity index (χ1n) is 7.03. The SMILES string of the molecule is Cc1ccc(C2=CCCc3c(C)ccc(C)c32)cc1. The zero-order valence-corrected chi connectivity index (χ0v) is 12.0. The lowest BCUT2D eigenvalue weighted by Gasteiger charge is -2.22. The fourth-order valence-corrected chi connectivity index (χ4v) is 3.02. The molecule has 0 spiro atoms. The number of aryl methyl sites for hydroxylation is 3. The molecule has 1 aliphatic rings. The minimum atomic E-state index is 1.15. The molecule has 2 aromatic rings. The molecule has 0 heterocycles. The Bertz CT molecular complexity index is 642. The van der Waals surface area contributed by atoms with Crippen LogP contribution in [0.5, 0.6) is 0 Å². The molecule has 19 heavy (non-hydrogen) atoms. The molecule has 0 bridgehead atoms. The fraction of sp³-hybridized carbons (Fsp3) is 0.263. The molecular formula is C19H20. The van der Waals surface area contributed by atoms with Gasteiger partial charge in [-0.3, -0.25) is 0 Å². The molecule has 0 atom stereocenters. The van der Waals surface area contributed by atoms with Crippen LogP contribution in [0.15, 0.2) is 42.5 Å². The van der Waals surface area contributed by atoms with Crippen LogP contribution in [-0.2, 0) is 6.42 Å². The van der Waals surface area contributed by atoms with Crippen molar-refractivity contribution in [2.24, 2.45) is 0 Å². The Morgan fingerprint density at radius 1 is 0.789 bits per heavy atom. The fourth-order valence-electron chi connectivity index (χ4n) is 3.02. The van der Waals surface area contributed by atoms with Crippen LogP contribution in [0.4, 0.5) is 0 Å². The number of hydrogen-bond acceptors (Lipinski definition) is 0. The van der Waals surface area contributed by atoms with Crippen molar-refractivity contribution in [2.75, 3.05) is 0 Å². The summed E-state index contributed by atoms with van der Waals surface area (Å²) in [6.45, 7) is 6.60. The molecule has 1 aliphatic carbocycles. The van der Waals surface area contributed by atoms with Crippen molar-refractivity contribution in [1.29, 1.82) is 0 Å². The van der Waals surface area contributed by atoms with Gasteiger partial charge in [-0.05, 0) is 67.0 Å². The van der Waals surface area contributed by atoms with Gasteiger partial charge in [0.25, 0.3) is 0 Å². The first-order chi connectivity index (χ1) is 9.16. The highest BCUT2D eigenvalue weighted by Crippen LogP contribution is 2.35. The number of hydrogen-bond donors (Lipinski definition) is 0. The van der Waals surface area contributed by atoms with E-state index in [0.29, 0.717) is 0 Å². The van der Waals surface area contributed by atoms with Crippen molar-refractivity contribution in [1.82, 2.24) is 0 Å². The third kappa shape index (κ3) is 2.12. The van der Waals surface area contributed by atoms with Gasteiger partial charge >= 0.3 is 0 Å². The summed E-state index contributed by atoms with van der Waals surface area (Å²) in [5.74, 6) is 0. The van der Waals surface area contributed by atoms with Gasteiger partial charge in [-0.1, -0.05) is 48.0 Å². The van der Waals surface area contributed by atoms with Crippen LogP contribution < -0.4 is 0 Å². The molecule has 0 unspecified atom stereocenters. The first-order valence-corrected chi connectivity index (χ1v) is 7.03. The molecule has 0 nitrogen and oxygen atoms in total. The summed E-state index contributed by atoms with van der Waals surface area (Å²) >= 11 is 0. The Hall–Kier alpha value is -1.82. The van der Waals surface area contributed by atoms with Crippen LogP contribution in [-0.4, -0.2) is 0 Å². The Labute approximate surface area is 115 Å². The second-order valence-corrected chi connectivity index (χ2v) is 5.58. The molecule has 0 aromatic heterocycles. The Morgan fingerprint density at radius 3 is 2.21 bits per heavy atom. The summed E-state index contributed by atoms with van der Waals surface area (Å²) in [7, 11) is 0. The summed E-state index contributed by atoms with van der Waals surface area (Å²) < 4.78 is 0. The molecule has 3 rings (SSSR count). The van der Waals surface area contributed by atoms with Crippen molar-refractivity contribution in [3.8, 4) is 0 Å². The van der Waals surface area contributed by atoms with E-state index < -0.39 is 0 Å². The van der Waals surface area contributed by atoms with E-state index in [1.165, 1.54) is 45.4 Å². The van der Waals surface area contributed by atoms with Gasteiger partial charge in [-0.2, -0.15) is 0 Å². The quantitative estimate of drug-likeness (QED) is 0.667. The summed E-state index contributed by atoms with van der Waals surface area (Å²) in [5.41, 5.74) is 9.92. The molecule has 0 saturated heterocycles. The van der Waals surface area contributed by atoms with Gasteiger partial charge in [0.1, 0.15) is 0 Å². The largest absolute Gasteiger partial charge is 0.0757 e. The molecule has 0 radical (unpaired) electrons. The van der Waals surface area contributed by atoms with E-state index in [1.807, 2.05) is 0 Å². The Morgan fingerprint density at radius 2 is 1.47 bits per heavy atom. The maximum Gasteiger partial charge on any atom is -0.0117 e. The average Bonchev–Trinajstić information content (AvgIpc) is 2.43. The molecule has 0 N–H and O–H groups in total. The molecule has 0 amide bonds. The van der Waals surface area contributed by atoms with Crippen molar-refractivity contribution in [3.05, 3.63) is 75.9 Å². The molecule has 0 aliphatic heterocycles. The van der Waals surface area contributed by atoms with Gasteiger partial charge in [-0.15, -0.1) is 0 Å². The third-order valence-electron chi connectivity index (χ3n) is 4.13. The number of allylic oxidation sites excluding steroid dienone is 1. The van der Waals surface area contributed by atoms with Crippen LogP contribution in [0.25, 0.3) is 5.57 Å². The van der Waals surface area contributed by atoms with Gasteiger partial charge in [0.15, 0.2) is 0 Å². The minimum absolute atomic E-state index is 1.15. The topological polar surface area (TPSA) is 0 Å². The number of benzene rings is 2. The molecule has 2 aromatic carbocycles. The van der Waals surface area contributed by atoms with Gasteiger partial charge in [0, 0.05) is 0 Å². The lowest BCUT2D eigenvalue weighted by Crippen LogP contribution is -2.05. The van der Waals surface area contributed by atoms with E-state index in [-0.39, 0.29) is 0 Å². The predicted octanol–water partition coefficient (Wildman–Crippen LogP) is 4.99. The number of rotatable bonds is 1. The van der Waals surface area contributed by atoms with E-state index in [9.17, 15) is 0 Å². The van der Waals surface area contributed by atoms with Crippen LogP contribution in [0.1, 0.15) is 39.8 Å². The van der Waals surface area contributed by atoms with Crippen LogP contribution in [0, 0.1) is 20.8 Å². The van der Waals surface area contributed by atoms with Gasteiger partial charge in [0.2, 0.25) is 0 Å². The highest BCUT2D eigenvalue weighted by molar-refractivity contribution is 5.84. The van der Waals surface area contributed by atoms with Crippen LogP contribution in [0.3, 0.4) is 0 Å². The second kappa shape index (κ2) is 4.70. The first kappa shape index (κ1) is 12.2. The molecule has 0 fully saturated rings. The number of fused-ring (bicyclic) bond motifs is 1. The van der Waals surface area contributed by atoms with Crippen molar-refractivity contribution < 1.29 is 0 Å². The summed E-state index contributed by atoms with van der Waals surface area (Å²) in [4.78, 5) is 0. The molecule has 96 valence electrons. The third-order valence-corrected chi connectivity index (χ3v) is 4.13. The van der Waals surface area contributed by atoms with Crippen molar-refractivity contribution >= 4 is 5.57 Å². The van der Waals surface area contributed by atoms with E-state index in [1.54, 1.807) is 0 Å². The Balaban J connectivity index is 2.18. The zero-order valence-electron chi connectivity index (χ0n) is 12.0. The van der Waals surface area contributed by atoms with E-state index in [0.717, 1.165) is 6.42 Å². The highest BCUT2D eigenvalue weighted by Gasteiger charge is 2.17. The van der Waals surface area contributed by atoms with Crippen molar-refractivity contribution in [2.45, 2.75) is 33.6 Å². The van der Waals surface area contributed by atoms with Gasteiger partial charge in [0.05, 0.1) is 0 Å². The van der Waals surface area contributed by atoms with E-state index in [4.69, 9.17) is 0 Å². The zero-order chi connectivity index (χ0) is 13.4. The maximum atomic E-state index is 2.40. The maximum absolute atomic E-state index is 2.40. The van der Waals surface area contributed by atoms with Crippen molar-refractivity contribution in [3.63, 3.8) is 0 Å². The van der Waals surface area contributed by atoms with Gasteiger partial charge in [-0.25, -0.2) is 0 Å². The summed E-state index contributed by atoms with van der Waals surface area (Å²) in [6.07, 6.45) is 4.73. The minimum Gasteiger partial charge on any atom is -0.0757 e. The summed E-state index contributed by atoms with van der Waals surface area (Å²) in [6, 6.07) is 13.4. The smallest absolute Gasteiger partial charge is 0.0117 e. The second-order valence-electron chi connectivity index (χ2n) is 5.58. The predicted molar refractivity (Wildman–Crippen MR) is 82.5 cm³/mol. The lowest BCUT2D eigenvalue weighted by molar-refractivity contribution is 0.958. The lowest BCUT2D eigenvalue weighted by atomic mass is 9.82. The van der Waals surface area contributed by atoms with Crippen LogP contribution >= 0.6 is 0 Å². The molecular weight excluding hydrogens is 228 g/mol. The normalized spacial score (nSPS) is 13.9. The molecule has 0 heteroatoms. The van der Waals surface area contributed by atoms with Crippen LogP contribution in [0.2, 0.25) is 0 Å². The van der Waals surface area contributed by atoms with E-state index in [2.05, 4.69) is 63.2 Å². The Kier molecular flexibility index (Phi) is 3.02.